The van der Waals surface area contributed by atoms with Gasteiger partial charge in [0.1, 0.15) is 5.82 Å². The van der Waals surface area contributed by atoms with Gasteiger partial charge in [0.2, 0.25) is 5.91 Å². The molecule has 1 atom stereocenters. The Kier molecular flexibility index (Phi) is 6.79. The third-order valence-corrected chi connectivity index (χ3v) is 7.79. The summed E-state index contributed by atoms with van der Waals surface area (Å²) < 4.78 is 41.0. The largest absolute Gasteiger partial charge is 0.350 e. The van der Waals surface area contributed by atoms with Gasteiger partial charge >= 0.3 is 0 Å². The molecule has 0 aliphatic carbocycles. The average Bonchev–Trinajstić information content (AvgIpc) is 2.83. The van der Waals surface area contributed by atoms with Crippen molar-refractivity contribution in [1.82, 2.24) is 5.32 Å². The van der Waals surface area contributed by atoms with Crippen molar-refractivity contribution in [1.29, 1.82) is 0 Å². The van der Waals surface area contributed by atoms with Gasteiger partial charge in [-0.2, -0.15) is 0 Å². The van der Waals surface area contributed by atoms with Crippen molar-refractivity contribution >= 4 is 21.6 Å². The molecule has 0 aromatic heterocycles. The number of sulfonamides is 1. The Morgan fingerprint density at radius 1 is 1.03 bits per heavy atom. The number of amides is 1. The lowest BCUT2D eigenvalue weighted by molar-refractivity contribution is -0.121. The molecule has 33 heavy (non-hydrogen) atoms. The van der Waals surface area contributed by atoms with Crippen LogP contribution in [0.4, 0.5) is 10.1 Å². The molecule has 0 bridgehead atoms. The van der Waals surface area contributed by atoms with Crippen molar-refractivity contribution in [3.8, 4) is 0 Å². The molecule has 3 aromatic carbocycles. The number of nitrogens with zero attached hydrogens (tertiary/aromatic N) is 1. The summed E-state index contributed by atoms with van der Waals surface area (Å²) in [6, 6.07) is 20.2. The Labute approximate surface area is 194 Å². The number of hydrogen-bond donors (Lipinski definition) is 1. The molecule has 1 amide bonds. The van der Waals surface area contributed by atoms with Crippen molar-refractivity contribution < 1.29 is 17.6 Å². The van der Waals surface area contributed by atoms with Crippen molar-refractivity contribution in [3.63, 3.8) is 0 Å². The van der Waals surface area contributed by atoms with E-state index in [1.165, 1.54) is 16.4 Å². The number of nitrogens with one attached hydrogen (secondary N) is 1. The summed E-state index contributed by atoms with van der Waals surface area (Å²) in [4.78, 5) is 12.6. The van der Waals surface area contributed by atoms with Crippen LogP contribution in [0, 0.1) is 5.82 Å². The number of para-hydroxylation sites is 1. The Hall–Kier alpha value is -3.19. The van der Waals surface area contributed by atoms with Crippen LogP contribution in [-0.2, 0) is 27.7 Å². The Balaban J connectivity index is 1.37. The molecular formula is C26H27FN2O3S. The zero-order valence-electron chi connectivity index (χ0n) is 18.5. The molecule has 3 aromatic rings. The van der Waals surface area contributed by atoms with E-state index in [9.17, 15) is 17.6 Å². The van der Waals surface area contributed by atoms with Crippen LogP contribution >= 0.6 is 0 Å². The molecular weight excluding hydrogens is 439 g/mol. The van der Waals surface area contributed by atoms with Gasteiger partial charge in [-0.1, -0.05) is 42.5 Å². The summed E-state index contributed by atoms with van der Waals surface area (Å²) >= 11 is 0. The van der Waals surface area contributed by atoms with Crippen LogP contribution in [0.1, 0.15) is 42.5 Å². The molecule has 0 spiro atoms. The highest BCUT2D eigenvalue weighted by Crippen LogP contribution is 2.31. The highest BCUT2D eigenvalue weighted by atomic mass is 32.2. The Morgan fingerprint density at radius 3 is 2.45 bits per heavy atom. The van der Waals surface area contributed by atoms with Crippen molar-refractivity contribution in [3.05, 3.63) is 95.3 Å². The second-order valence-electron chi connectivity index (χ2n) is 8.29. The first kappa shape index (κ1) is 23.0. The SMILES string of the molecule is C[C@@H](NC(=O)CCc1ccc(S(=O)(=O)N2CCCc3ccccc32)cc1)c1ccc(F)cc1. The van der Waals surface area contributed by atoms with Crippen molar-refractivity contribution in [2.45, 2.75) is 43.5 Å². The number of aryl methyl sites for hydroxylation is 2. The third kappa shape index (κ3) is 5.25. The topological polar surface area (TPSA) is 66.5 Å². The predicted octanol–water partition coefficient (Wildman–Crippen LogP) is 4.78. The van der Waals surface area contributed by atoms with E-state index in [1.54, 1.807) is 36.4 Å². The van der Waals surface area contributed by atoms with E-state index in [0.29, 0.717) is 13.0 Å². The second kappa shape index (κ2) is 9.75. The van der Waals surface area contributed by atoms with E-state index in [0.717, 1.165) is 35.2 Å². The molecule has 0 saturated heterocycles. The molecule has 172 valence electrons. The van der Waals surface area contributed by atoms with Gasteiger partial charge in [0, 0.05) is 13.0 Å². The van der Waals surface area contributed by atoms with Crippen LogP contribution < -0.4 is 9.62 Å². The normalized spacial score (nSPS) is 14.4. The predicted molar refractivity (Wildman–Crippen MR) is 127 cm³/mol. The van der Waals surface area contributed by atoms with Crippen molar-refractivity contribution in [2.75, 3.05) is 10.8 Å². The lowest BCUT2D eigenvalue weighted by atomic mass is 10.0. The van der Waals surface area contributed by atoms with E-state index in [2.05, 4.69) is 5.32 Å². The molecule has 0 saturated carbocycles. The minimum Gasteiger partial charge on any atom is -0.350 e. The number of halogens is 1. The lowest BCUT2D eigenvalue weighted by Gasteiger charge is -2.30. The maximum absolute atomic E-state index is 13.2. The third-order valence-electron chi connectivity index (χ3n) is 5.97. The Morgan fingerprint density at radius 2 is 1.73 bits per heavy atom. The van der Waals surface area contributed by atoms with E-state index in [4.69, 9.17) is 0 Å². The number of rotatable bonds is 7. The van der Waals surface area contributed by atoms with Crippen LogP contribution in [0.5, 0.6) is 0 Å². The molecule has 1 N–H and O–H groups in total. The first-order valence-electron chi connectivity index (χ1n) is 11.1. The molecule has 7 heteroatoms. The van der Waals surface area contributed by atoms with E-state index in [1.807, 2.05) is 31.2 Å². The van der Waals surface area contributed by atoms with Gasteiger partial charge in [-0.05, 0) is 73.2 Å². The first-order chi connectivity index (χ1) is 15.8. The molecule has 0 unspecified atom stereocenters. The summed E-state index contributed by atoms with van der Waals surface area (Å²) in [5, 5.41) is 2.91. The van der Waals surface area contributed by atoms with Gasteiger partial charge < -0.3 is 5.32 Å². The van der Waals surface area contributed by atoms with Gasteiger partial charge in [0.05, 0.1) is 16.6 Å². The average molecular weight is 467 g/mol. The minimum atomic E-state index is -3.65. The Bertz CT molecular complexity index is 1230. The maximum Gasteiger partial charge on any atom is 0.264 e. The number of hydrogen-bond acceptors (Lipinski definition) is 3. The zero-order chi connectivity index (χ0) is 23.4. The summed E-state index contributed by atoms with van der Waals surface area (Å²) in [6.45, 7) is 2.32. The summed E-state index contributed by atoms with van der Waals surface area (Å²) in [7, 11) is -3.65. The van der Waals surface area contributed by atoms with E-state index >= 15 is 0 Å². The number of anilines is 1. The zero-order valence-corrected chi connectivity index (χ0v) is 19.3. The standard InChI is InChI=1S/C26H27FN2O3S/c1-19(21-11-13-23(27)14-12-21)28-26(30)17-10-20-8-15-24(16-9-20)33(31,32)29-18-4-6-22-5-2-3-7-25(22)29/h2-3,5,7-9,11-16,19H,4,6,10,17-18H2,1H3,(H,28,30)/t19-/m1/s1. The summed E-state index contributed by atoms with van der Waals surface area (Å²) in [5.41, 5.74) is 3.51. The van der Waals surface area contributed by atoms with Crippen LogP contribution in [0.25, 0.3) is 0 Å². The molecule has 1 heterocycles. The van der Waals surface area contributed by atoms with Gasteiger partial charge in [0.15, 0.2) is 0 Å². The van der Waals surface area contributed by atoms with Gasteiger partial charge in [-0.15, -0.1) is 0 Å². The van der Waals surface area contributed by atoms with Crippen molar-refractivity contribution in [2.24, 2.45) is 0 Å². The van der Waals surface area contributed by atoms with Crippen LogP contribution in [0.15, 0.2) is 77.7 Å². The van der Waals surface area contributed by atoms with Crippen LogP contribution in [-0.4, -0.2) is 20.9 Å². The minimum absolute atomic E-state index is 0.117. The highest BCUT2D eigenvalue weighted by Gasteiger charge is 2.28. The molecule has 5 nitrogen and oxygen atoms in total. The van der Waals surface area contributed by atoms with Crippen LogP contribution in [0.3, 0.4) is 0 Å². The smallest absolute Gasteiger partial charge is 0.264 e. The molecule has 1 aliphatic heterocycles. The molecule has 1 aliphatic rings. The fraction of sp³-hybridized carbons (Fsp3) is 0.269. The molecule has 0 fully saturated rings. The monoisotopic (exact) mass is 466 g/mol. The van der Waals surface area contributed by atoms with E-state index in [-0.39, 0.29) is 29.1 Å². The highest BCUT2D eigenvalue weighted by molar-refractivity contribution is 7.92. The summed E-state index contributed by atoms with van der Waals surface area (Å²) in [5.74, 6) is -0.430. The van der Waals surface area contributed by atoms with Gasteiger partial charge in [-0.3, -0.25) is 9.10 Å². The van der Waals surface area contributed by atoms with Gasteiger partial charge in [0.25, 0.3) is 10.0 Å². The number of carbonyl (C=O) groups excluding carboxylic acids is 1. The number of benzene rings is 3. The quantitative estimate of drug-likeness (QED) is 0.545. The maximum atomic E-state index is 13.2. The second-order valence-corrected chi connectivity index (χ2v) is 10.2. The summed E-state index contributed by atoms with van der Waals surface area (Å²) in [6.07, 6.45) is 2.44. The molecule has 0 radical (unpaired) electrons. The first-order valence-corrected chi connectivity index (χ1v) is 12.5. The van der Waals surface area contributed by atoms with E-state index < -0.39 is 10.0 Å². The number of fused-ring (bicyclic) bond motifs is 1. The van der Waals surface area contributed by atoms with Gasteiger partial charge in [-0.25, -0.2) is 12.8 Å². The fourth-order valence-corrected chi connectivity index (χ4v) is 5.65. The fourth-order valence-electron chi connectivity index (χ4n) is 4.11. The van der Waals surface area contributed by atoms with Crippen LogP contribution in [0.2, 0.25) is 0 Å². The number of carbonyl (C=O) groups is 1. The molecule has 4 rings (SSSR count). The lowest BCUT2D eigenvalue weighted by Crippen LogP contribution is -2.35.